The van der Waals surface area contributed by atoms with Gasteiger partial charge in [0.25, 0.3) is 0 Å². The molecule has 0 unspecified atom stereocenters. The molecular formula is C18H17ClO4. The number of hydrogen-bond donors (Lipinski definition) is 0. The maximum Gasteiger partial charge on any atom is 0.343 e. The van der Waals surface area contributed by atoms with Crippen molar-refractivity contribution in [3.8, 4) is 5.75 Å². The molecule has 0 amide bonds. The van der Waals surface area contributed by atoms with Crippen LogP contribution in [0, 0.1) is 0 Å². The second kappa shape index (κ2) is 8.34. The second-order valence-electron chi connectivity index (χ2n) is 4.91. The Labute approximate surface area is 140 Å². The van der Waals surface area contributed by atoms with Gasteiger partial charge in [-0.1, -0.05) is 31.0 Å². The lowest BCUT2D eigenvalue weighted by atomic mass is 10.1. The van der Waals surface area contributed by atoms with Crippen LogP contribution < -0.4 is 4.74 Å². The SMILES string of the molecule is CCCCOC(=O)c1cccc(C(=O)Oc2ccc(Cl)cc2)c1. The fourth-order valence-corrected chi connectivity index (χ4v) is 1.96. The molecule has 0 atom stereocenters. The van der Waals surface area contributed by atoms with Gasteiger partial charge in [0.1, 0.15) is 5.75 Å². The van der Waals surface area contributed by atoms with E-state index in [1.165, 1.54) is 6.07 Å². The van der Waals surface area contributed by atoms with Crippen LogP contribution in [0.2, 0.25) is 5.02 Å². The molecule has 2 aromatic rings. The number of carbonyl (C=O) groups excluding carboxylic acids is 2. The van der Waals surface area contributed by atoms with Crippen molar-refractivity contribution in [1.82, 2.24) is 0 Å². The first-order valence-corrected chi connectivity index (χ1v) is 7.73. The van der Waals surface area contributed by atoms with E-state index in [-0.39, 0.29) is 5.56 Å². The molecule has 0 spiro atoms. The molecule has 0 radical (unpaired) electrons. The summed E-state index contributed by atoms with van der Waals surface area (Å²) >= 11 is 5.78. The molecule has 4 nitrogen and oxygen atoms in total. The van der Waals surface area contributed by atoms with Gasteiger partial charge in [-0.05, 0) is 48.9 Å². The fourth-order valence-electron chi connectivity index (χ4n) is 1.83. The summed E-state index contributed by atoms with van der Waals surface area (Å²) < 4.78 is 10.4. The van der Waals surface area contributed by atoms with Crippen molar-refractivity contribution in [3.63, 3.8) is 0 Å². The van der Waals surface area contributed by atoms with E-state index in [4.69, 9.17) is 21.1 Å². The Balaban J connectivity index is 2.04. The molecule has 0 aliphatic rings. The van der Waals surface area contributed by atoms with E-state index in [9.17, 15) is 9.59 Å². The Bertz CT molecular complexity index is 680. The minimum absolute atomic E-state index is 0.282. The number of esters is 2. The highest BCUT2D eigenvalue weighted by molar-refractivity contribution is 6.30. The number of carbonyl (C=O) groups is 2. The zero-order valence-corrected chi connectivity index (χ0v) is 13.5. The summed E-state index contributed by atoms with van der Waals surface area (Å²) in [6.07, 6.45) is 1.75. The first kappa shape index (κ1) is 17.0. The average molecular weight is 333 g/mol. The predicted molar refractivity (Wildman–Crippen MR) is 88.0 cm³/mol. The molecule has 5 heteroatoms. The molecule has 0 N–H and O–H groups in total. The lowest BCUT2D eigenvalue weighted by Gasteiger charge is -2.07. The Kier molecular flexibility index (Phi) is 6.18. The molecule has 0 aliphatic heterocycles. The van der Waals surface area contributed by atoms with Crippen molar-refractivity contribution in [2.75, 3.05) is 6.61 Å². The maximum absolute atomic E-state index is 12.1. The van der Waals surface area contributed by atoms with Gasteiger partial charge in [-0.3, -0.25) is 0 Å². The number of hydrogen-bond acceptors (Lipinski definition) is 4. The summed E-state index contributed by atoms with van der Waals surface area (Å²) in [4.78, 5) is 24.0. The zero-order chi connectivity index (χ0) is 16.7. The quantitative estimate of drug-likeness (QED) is 0.443. The molecular weight excluding hydrogens is 316 g/mol. The minimum Gasteiger partial charge on any atom is -0.462 e. The van der Waals surface area contributed by atoms with Crippen LogP contribution in [-0.2, 0) is 4.74 Å². The smallest absolute Gasteiger partial charge is 0.343 e. The van der Waals surface area contributed by atoms with Crippen molar-refractivity contribution >= 4 is 23.5 Å². The Hall–Kier alpha value is -2.33. The number of rotatable bonds is 6. The number of ether oxygens (including phenoxy) is 2. The van der Waals surface area contributed by atoms with Crippen LogP contribution in [0.3, 0.4) is 0 Å². The normalized spacial score (nSPS) is 10.2. The molecule has 2 aromatic carbocycles. The third-order valence-electron chi connectivity index (χ3n) is 3.09. The summed E-state index contributed by atoms with van der Waals surface area (Å²) in [5, 5.41) is 0.557. The van der Waals surface area contributed by atoms with E-state index >= 15 is 0 Å². The van der Waals surface area contributed by atoms with Gasteiger partial charge in [-0.2, -0.15) is 0 Å². The van der Waals surface area contributed by atoms with Crippen molar-refractivity contribution in [3.05, 3.63) is 64.7 Å². The summed E-state index contributed by atoms with van der Waals surface area (Å²) in [5.41, 5.74) is 0.608. The Morgan fingerprint density at radius 3 is 2.30 bits per heavy atom. The van der Waals surface area contributed by atoms with Gasteiger partial charge in [0.15, 0.2) is 0 Å². The third kappa shape index (κ3) is 5.11. The molecule has 0 aliphatic carbocycles. The molecule has 23 heavy (non-hydrogen) atoms. The summed E-state index contributed by atoms with van der Waals surface area (Å²) in [6.45, 7) is 2.38. The largest absolute Gasteiger partial charge is 0.462 e. The summed E-state index contributed by atoms with van der Waals surface area (Å²) in [6, 6.07) is 12.7. The van der Waals surface area contributed by atoms with Crippen LogP contribution >= 0.6 is 11.6 Å². The van der Waals surface area contributed by atoms with E-state index in [1.54, 1.807) is 42.5 Å². The second-order valence-corrected chi connectivity index (χ2v) is 5.35. The van der Waals surface area contributed by atoms with Crippen molar-refractivity contribution in [2.24, 2.45) is 0 Å². The summed E-state index contributed by atoms with van der Waals surface area (Å²) in [5.74, 6) is -0.606. The molecule has 0 bridgehead atoms. The van der Waals surface area contributed by atoms with E-state index in [0.29, 0.717) is 22.9 Å². The van der Waals surface area contributed by atoms with Crippen molar-refractivity contribution in [2.45, 2.75) is 19.8 Å². The van der Waals surface area contributed by atoms with Crippen LogP contribution in [0.5, 0.6) is 5.75 Å². The first-order chi connectivity index (χ1) is 11.1. The zero-order valence-electron chi connectivity index (χ0n) is 12.8. The number of halogens is 1. The van der Waals surface area contributed by atoms with Crippen LogP contribution in [-0.4, -0.2) is 18.5 Å². The highest BCUT2D eigenvalue weighted by Crippen LogP contribution is 2.17. The van der Waals surface area contributed by atoms with Gasteiger partial charge in [0.2, 0.25) is 0 Å². The van der Waals surface area contributed by atoms with Gasteiger partial charge < -0.3 is 9.47 Å². The monoisotopic (exact) mass is 332 g/mol. The van der Waals surface area contributed by atoms with Gasteiger partial charge >= 0.3 is 11.9 Å². The molecule has 2 rings (SSSR count). The topological polar surface area (TPSA) is 52.6 Å². The van der Waals surface area contributed by atoms with E-state index in [1.807, 2.05) is 6.92 Å². The molecule has 0 heterocycles. The standard InChI is InChI=1S/C18H17ClO4/c1-2-3-11-22-17(20)13-5-4-6-14(12-13)18(21)23-16-9-7-15(19)8-10-16/h4-10,12H,2-3,11H2,1H3. The lowest BCUT2D eigenvalue weighted by Crippen LogP contribution is -2.11. The highest BCUT2D eigenvalue weighted by Gasteiger charge is 2.13. The first-order valence-electron chi connectivity index (χ1n) is 7.35. The van der Waals surface area contributed by atoms with Gasteiger partial charge in [0, 0.05) is 5.02 Å². The van der Waals surface area contributed by atoms with Crippen molar-refractivity contribution < 1.29 is 19.1 Å². The average Bonchev–Trinajstić information content (AvgIpc) is 2.57. The predicted octanol–water partition coefficient (Wildman–Crippen LogP) is 4.52. The molecule has 0 saturated carbocycles. The third-order valence-corrected chi connectivity index (χ3v) is 3.34. The number of unbranched alkanes of at least 4 members (excludes halogenated alkanes) is 1. The van der Waals surface area contributed by atoms with Crippen LogP contribution in [0.25, 0.3) is 0 Å². The van der Waals surface area contributed by atoms with E-state index < -0.39 is 11.9 Å². The van der Waals surface area contributed by atoms with E-state index in [2.05, 4.69) is 0 Å². The lowest BCUT2D eigenvalue weighted by molar-refractivity contribution is 0.0499. The maximum atomic E-state index is 12.1. The Morgan fingerprint density at radius 2 is 1.65 bits per heavy atom. The molecule has 0 aromatic heterocycles. The molecule has 0 fully saturated rings. The van der Waals surface area contributed by atoms with Crippen LogP contribution in [0.4, 0.5) is 0 Å². The molecule has 0 saturated heterocycles. The van der Waals surface area contributed by atoms with Gasteiger partial charge in [-0.15, -0.1) is 0 Å². The fraction of sp³-hybridized carbons (Fsp3) is 0.222. The van der Waals surface area contributed by atoms with Crippen LogP contribution in [0.1, 0.15) is 40.5 Å². The van der Waals surface area contributed by atoms with Crippen LogP contribution in [0.15, 0.2) is 48.5 Å². The van der Waals surface area contributed by atoms with Crippen molar-refractivity contribution in [1.29, 1.82) is 0 Å². The van der Waals surface area contributed by atoms with E-state index in [0.717, 1.165) is 12.8 Å². The summed E-state index contributed by atoms with van der Waals surface area (Å²) in [7, 11) is 0. The highest BCUT2D eigenvalue weighted by atomic mass is 35.5. The minimum atomic E-state index is -0.546. The Morgan fingerprint density at radius 1 is 1.00 bits per heavy atom. The van der Waals surface area contributed by atoms with Gasteiger partial charge in [-0.25, -0.2) is 9.59 Å². The molecule has 120 valence electrons. The van der Waals surface area contributed by atoms with Gasteiger partial charge in [0.05, 0.1) is 17.7 Å². The number of benzene rings is 2.